The van der Waals surface area contributed by atoms with Gasteiger partial charge in [-0.15, -0.1) is 34.4 Å². The van der Waals surface area contributed by atoms with Crippen molar-refractivity contribution in [2.45, 2.75) is 55.8 Å². The number of nitrogens with zero attached hydrogens (tertiary/aromatic N) is 4. The minimum absolute atomic E-state index is 0. The Balaban J connectivity index is 0.00000240. The van der Waals surface area contributed by atoms with E-state index in [9.17, 15) is 4.79 Å². The number of benzene rings is 1. The van der Waals surface area contributed by atoms with E-state index in [4.69, 9.17) is 0 Å². The minimum Gasteiger partial charge on any atom is -0.342 e. The number of amides is 1. The maximum atomic E-state index is 13.2. The minimum atomic E-state index is -0.0362. The molecule has 158 valence electrons. The average Bonchev–Trinajstić information content (AvgIpc) is 3.16. The van der Waals surface area contributed by atoms with Gasteiger partial charge in [0.1, 0.15) is 11.6 Å². The summed E-state index contributed by atoms with van der Waals surface area (Å²) in [5.41, 5.74) is 0. The monoisotopic (exact) mass is 435 g/mol. The molecule has 0 saturated carbocycles. The van der Waals surface area contributed by atoms with Gasteiger partial charge in [-0.05, 0) is 30.9 Å². The van der Waals surface area contributed by atoms with Crippen LogP contribution in [0, 0.1) is 5.92 Å². The summed E-state index contributed by atoms with van der Waals surface area (Å²) in [7, 11) is 0. The van der Waals surface area contributed by atoms with Gasteiger partial charge in [0.05, 0.1) is 11.8 Å². The number of halogens is 1. The number of rotatable bonds is 5. The molecule has 1 N–H and O–H groups in total. The molecule has 0 radical (unpaired) electrons. The van der Waals surface area contributed by atoms with E-state index in [-0.39, 0.29) is 23.6 Å². The largest absolute Gasteiger partial charge is 0.342 e. The number of aromatic nitrogens is 3. The van der Waals surface area contributed by atoms with E-state index >= 15 is 0 Å². The van der Waals surface area contributed by atoms with Crippen LogP contribution in [0.15, 0.2) is 35.2 Å². The lowest BCUT2D eigenvalue weighted by molar-refractivity contribution is -0.132. The third kappa shape index (κ3) is 4.95. The zero-order valence-corrected chi connectivity index (χ0v) is 18.7. The molecule has 2 aromatic rings. The highest BCUT2D eigenvalue weighted by atomic mass is 35.5. The predicted octanol–water partition coefficient (Wildman–Crippen LogP) is 3.33. The second kappa shape index (κ2) is 9.96. The molecule has 4 rings (SSSR count). The van der Waals surface area contributed by atoms with Gasteiger partial charge in [0.15, 0.2) is 0 Å². The molecule has 2 aliphatic heterocycles. The number of likely N-dealkylation sites (tertiary alicyclic amines) is 1. The maximum Gasteiger partial charge on any atom is 0.236 e. The molecule has 0 aliphatic carbocycles. The Labute approximate surface area is 183 Å². The highest BCUT2D eigenvalue weighted by Crippen LogP contribution is 2.32. The summed E-state index contributed by atoms with van der Waals surface area (Å²) in [6.07, 6.45) is 1.94. The third-order valence-electron chi connectivity index (χ3n) is 5.68. The predicted molar refractivity (Wildman–Crippen MR) is 118 cm³/mol. The molecule has 1 unspecified atom stereocenters. The molecular weight excluding hydrogens is 406 g/mol. The Bertz CT molecular complexity index is 805. The van der Waals surface area contributed by atoms with Crippen molar-refractivity contribution in [1.29, 1.82) is 0 Å². The molecule has 1 aromatic heterocycles. The fourth-order valence-electron chi connectivity index (χ4n) is 4.07. The topological polar surface area (TPSA) is 63.1 Å². The quantitative estimate of drug-likeness (QED) is 0.730. The van der Waals surface area contributed by atoms with Gasteiger partial charge in [-0.3, -0.25) is 4.79 Å². The SMILES string of the molecule is CC(C)C(Sc1ccccc1)C(=O)N1CCC(c2nnc3n2CCNC3)CC1.Cl. The van der Waals surface area contributed by atoms with E-state index in [0.29, 0.717) is 11.8 Å². The molecule has 1 aromatic carbocycles. The van der Waals surface area contributed by atoms with Crippen molar-refractivity contribution in [2.75, 3.05) is 19.6 Å². The van der Waals surface area contributed by atoms with E-state index in [0.717, 1.165) is 62.1 Å². The summed E-state index contributed by atoms with van der Waals surface area (Å²) in [6, 6.07) is 10.3. The van der Waals surface area contributed by atoms with Crippen LogP contribution in [0.5, 0.6) is 0 Å². The number of fused-ring (bicyclic) bond motifs is 1. The molecule has 1 atom stereocenters. The summed E-state index contributed by atoms with van der Waals surface area (Å²) in [6.45, 7) is 8.62. The van der Waals surface area contributed by atoms with Crippen LogP contribution >= 0.6 is 24.2 Å². The van der Waals surface area contributed by atoms with Crippen molar-refractivity contribution in [3.05, 3.63) is 42.0 Å². The first-order valence-electron chi connectivity index (χ1n) is 10.3. The van der Waals surface area contributed by atoms with Crippen LogP contribution in [0.1, 0.15) is 44.3 Å². The summed E-state index contributed by atoms with van der Waals surface area (Å²) in [5.74, 6) is 3.13. The summed E-state index contributed by atoms with van der Waals surface area (Å²) in [4.78, 5) is 16.5. The number of thioether (sulfide) groups is 1. The lowest BCUT2D eigenvalue weighted by Crippen LogP contribution is -2.44. The maximum absolute atomic E-state index is 13.2. The molecule has 1 amide bonds. The first-order chi connectivity index (χ1) is 13.6. The van der Waals surface area contributed by atoms with Crippen LogP contribution in [0.2, 0.25) is 0 Å². The van der Waals surface area contributed by atoms with Crippen molar-refractivity contribution >= 4 is 30.1 Å². The zero-order valence-electron chi connectivity index (χ0n) is 17.1. The molecular formula is C21H30ClN5OS. The van der Waals surface area contributed by atoms with Crippen LogP contribution < -0.4 is 5.32 Å². The van der Waals surface area contributed by atoms with E-state index in [2.05, 4.69) is 51.0 Å². The number of carbonyl (C=O) groups is 1. The lowest BCUT2D eigenvalue weighted by atomic mass is 9.95. The van der Waals surface area contributed by atoms with Crippen LogP contribution in [0.3, 0.4) is 0 Å². The molecule has 29 heavy (non-hydrogen) atoms. The Morgan fingerprint density at radius 2 is 1.86 bits per heavy atom. The van der Waals surface area contributed by atoms with E-state index in [1.165, 1.54) is 0 Å². The number of carbonyl (C=O) groups excluding carboxylic acids is 1. The molecule has 1 fully saturated rings. The third-order valence-corrected chi connectivity index (χ3v) is 7.22. The standard InChI is InChI=1S/C21H29N5OS.ClH/c1-15(2)19(28-17-6-4-3-5-7-17)21(27)25-11-8-16(9-12-25)20-24-23-18-14-22-10-13-26(18)20;/h3-7,15-16,19,22H,8-14H2,1-2H3;1H. The Morgan fingerprint density at radius 1 is 1.14 bits per heavy atom. The van der Waals surface area contributed by atoms with Crippen LogP contribution in [0.25, 0.3) is 0 Å². The van der Waals surface area contributed by atoms with Gasteiger partial charge in [-0.25, -0.2) is 0 Å². The first kappa shape index (κ1) is 22.1. The van der Waals surface area contributed by atoms with Gasteiger partial charge in [0.2, 0.25) is 5.91 Å². The van der Waals surface area contributed by atoms with Crippen LogP contribution in [0.4, 0.5) is 0 Å². The summed E-state index contributed by atoms with van der Waals surface area (Å²) < 4.78 is 2.28. The first-order valence-corrected chi connectivity index (χ1v) is 11.1. The number of piperidine rings is 1. The van der Waals surface area contributed by atoms with Crippen molar-refractivity contribution < 1.29 is 4.79 Å². The molecule has 6 nitrogen and oxygen atoms in total. The van der Waals surface area contributed by atoms with E-state index in [1.54, 1.807) is 11.8 Å². The van der Waals surface area contributed by atoms with Crippen molar-refractivity contribution in [3.8, 4) is 0 Å². The van der Waals surface area contributed by atoms with Gasteiger partial charge in [-0.2, -0.15) is 0 Å². The molecule has 3 heterocycles. The number of nitrogens with one attached hydrogen (secondary N) is 1. The van der Waals surface area contributed by atoms with Gasteiger partial charge >= 0.3 is 0 Å². The number of hydrogen-bond acceptors (Lipinski definition) is 5. The molecule has 1 saturated heterocycles. The molecule has 0 spiro atoms. The fourth-order valence-corrected chi connectivity index (χ4v) is 5.20. The Hall–Kier alpha value is -1.57. The fraction of sp³-hybridized carbons (Fsp3) is 0.571. The van der Waals surface area contributed by atoms with Crippen LogP contribution in [-0.4, -0.2) is 50.5 Å². The second-order valence-electron chi connectivity index (χ2n) is 8.00. The Morgan fingerprint density at radius 3 is 2.55 bits per heavy atom. The van der Waals surface area contributed by atoms with Gasteiger partial charge in [0, 0.05) is 37.0 Å². The lowest BCUT2D eigenvalue weighted by Gasteiger charge is -2.35. The highest BCUT2D eigenvalue weighted by Gasteiger charge is 2.33. The second-order valence-corrected chi connectivity index (χ2v) is 9.21. The normalized spacial score (nSPS) is 18.2. The van der Waals surface area contributed by atoms with Gasteiger partial charge in [-0.1, -0.05) is 32.0 Å². The molecule has 8 heteroatoms. The number of hydrogen-bond donors (Lipinski definition) is 1. The van der Waals surface area contributed by atoms with Crippen LogP contribution in [-0.2, 0) is 17.9 Å². The van der Waals surface area contributed by atoms with Crippen molar-refractivity contribution in [3.63, 3.8) is 0 Å². The molecule has 2 aliphatic rings. The van der Waals surface area contributed by atoms with Gasteiger partial charge < -0.3 is 14.8 Å². The average molecular weight is 436 g/mol. The zero-order chi connectivity index (χ0) is 19.5. The molecule has 0 bridgehead atoms. The summed E-state index contributed by atoms with van der Waals surface area (Å²) >= 11 is 1.69. The smallest absolute Gasteiger partial charge is 0.236 e. The Kier molecular flexibility index (Phi) is 7.60. The highest BCUT2D eigenvalue weighted by molar-refractivity contribution is 8.00. The summed E-state index contributed by atoms with van der Waals surface area (Å²) in [5, 5.41) is 12.1. The van der Waals surface area contributed by atoms with Crippen molar-refractivity contribution in [2.24, 2.45) is 5.92 Å². The van der Waals surface area contributed by atoms with E-state index < -0.39 is 0 Å². The van der Waals surface area contributed by atoms with Crippen molar-refractivity contribution in [1.82, 2.24) is 25.0 Å². The van der Waals surface area contributed by atoms with E-state index in [1.807, 2.05) is 18.2 Å². The van der Waals surface area contributed by atoms with Gasteiger partial charge in [0.25, 0.3) is 0 Å².